The quantitative estimate of drug-likeness (QED) is 0.144. The molecule has 9 rings (SSSR count). The second-order valence-corrected chi connectivity index (χ2v) is 10.1. The van der Waals surface area contributed by atoms with E-state index in [2.05, 4.69) is 0 Å². The number of hydrogen-bond acceptors (Lipinski definition) is 8. The van der Waals surface area contributed by atoms with Gasteiger partial charge in [-0.25, -0.2) is 9.97 Å². The van der Waals surface area contributed by atoms with Crippen LogP contribution in [0.25, 0.3) is 89.7 Å². The number of aromatic nitrogens is 8. The summed E-state index contributed by atoms with van der Waals surface area (Å²) in [4.78, 5) is 39.1. The Hall–Kier alpha value is -5.64. The molecule has 0 saturated heterocycles. The molecule has 0 fully saturated rings. The van der Waals surface area contributed by atoms with E-state index in [0.29, 0.717) is 68.0 Å². The summed E-state index contributed by atoms with van der Waals surface area (Å²) in [6.45, 7) is 4.00. The Morgan fingerprint density at radius 2 is 0.711 bits per heavy atom. The number of nitrogens with two attached hydrogens (primary N) is 2. The molecule has 0 atom stereocenters. The number of nitrogens with zero attached hydrogens (tertiary/aromatic N) is 8. The number of nitrogen functional groups attached to an aromatic ring is 2. The van der Waals surface area contributed by atoms with Crippen LogP contribution >= 0.6 is 0 Å². The van der Waals surface area contributed by atoms with Crippen molar-refractivity contribution in [2.45, 2.75) is 13.8 Å². The zero-order chi connectivity index (χ0) is 29.9. The predicted octanol–water partition coefficient (Wildman–Crippen LogP) is 6.32. The summed E-state index contributed by atoms with van der Waals surface area (Å²) in [5, 5.41) is 3.16. The van der Waals surface area contributed by atoms with Gasteiger partial charge in [0.05, 0.1) is 34.7 Å². The monoisotopic (exact) mass is 627 g/mol. The van der Waals surface area contributed by atoms with Crippen molar-refractivity contribution in [2.24, 2.45) is 0 Å². The molecule has 2 aliphatic rings. The molecule has 7 aromatic rings. The maximum Gasteiger partial charge on any atom is 3.00 e. The molecule has 11 heteroatoms. The molecule has 0 spiro atoms. The Bertz CT molecular complexity index is 2300. The van der Waals surface area contributed by atoms with Crippen LogP contribution in [-0.4, -0.2) is 29.9 Å². The van der Waals surface area contributed by atoms with Gasteiger partial charge in [-0.15, -0.1) is 0 Å². The normalized spacial score (nSPS) is 11.3. The van der Waals surface area contributed by atoms with Gasteiger partial charge in [-0.1, -0.05) is 86.6 Å². The maximum atomic E-state index is 6.22. The third-order valence-electron chi connectivity index (χ3n) is 7.63. The first-order valence-electron chi connectivity index (χ1n) is 14.3. The second kappa shape index (κ2) is 10.8. The summed E-state index contributed by atoms with van der Waals surface area (Å²) in [6.07, 6.45) is 0. The Labute approximate surface area is 267 Å². The van der Waals surface area contributed by atoms with E-state index in [4.69, 9.17) is 51.3 Å². The fourth-order valence-corrected chi connectivity index (χ4v) is 5.59. The van der Waals surface area contributed by atoms with Crippen molar-refractivity contribution in [1.82, 2.24) is 39.9 Å². The average Bonchev–Trinajstić information content (AvgIpc) is 3.78. The molecular formula is C34H24MnN10+. The Balaban J connectivity index is 0.00000106. The first-order chi connectivity index (χ1) is 21.6. The smallest absolute Gasteiger partial charge is 0.397 e. The van der Waals surface area contributed by atoms with Crippen LogP contribution in [0.2, 0.25) is 0 Å². The zero-order valence-electron chi connectivity index (χ0n) is 24.2. The molecular weight excluding hydrogens is 603 g/mol. The predicted molar refractivity (Wildman–Crippen MR) is 174 cm³/mol. The van der Waals surface area contributed by atoms with Gasteiger partial charge in [0.25, 0.3) is 0 Å². The first-order valence-corrected chi connectivity index (χ1v) is 14.3. The molecule has 0 amide bonds. The van der Waals surface area contributed by atoms with Gasteiger partial charge in [0.2, 0.25) is 0 Å². The number of fused-ring (bicyclic) bond motifs is 20. The van der Waals surface area contributed by atoms with Gasteiger partial charge in [0, 0.05) is 44.8 Å². The van der Waals surface area contributed by atoms with E-state index in [1.54, 1.807) is 12.1 Å². The van der Waals surface area contributed by atoms with E-state index in [1.807, 2.05) is 86.6 Å². The van der Waals surface area contributed by atoms with Gasteiger partial charge < -0.3 is 41.4 Å². The van der Waals surface area contributed by atoms with E-state index < -0.39 is 0 Å². The molecule has 5 heterocycles. The molecule has 3 aromatic heterocycles. The van der Waals surface area contributed by atoms with Crippen LogP contribution < -0.4 is 21.4 Å². The molecule has 0 saturated carbocycles. The fourth-order valence-electron chi connectivity index (χ4n) is 5.59. The third kappa shape index (κ3) is 4.40. The minimum atomic E-state index is 0. The van der Waals surface area contributed by atoms with Gasteiger partial charge in [-0.3, -0.25) is 0 Å². The van der Waals surface area contributed by atoms with Crippen molar-refractivity contribution in [2.75, 3.05) is 11.5 Å². The van der Waals surface area contributed by atoms with Gasteiger partial charge in [-0.05, 0) is 33.7 Å². The summed E-state index contributed by atoms with van der Waals surface area (Å²) < 4.78 is 0. The standard InChI is InChI=1S/C32H18N10.C2H6.Mn/c33-23-13-21-22(14-24(23)34)32-41-30-20-12-6-4-10-18(20)28(39-30)37-26-16-8-2-1-7-15(16)25(35-26)36-27-17-9-3-5-11-19(17)29(38-27)40-31(21)42-32;1-2;/h1-14H,33-34H2;1-2H3;/q-2;;+3. The van der Waals surface area contributed by atoms with Gasteiger partial charge in [0.1, 0.15) is 0 Å². The second-order valence-electron chi connectivity index (χ2n) is 10.1. The molecule has 0 unspecified atom stereocenters. The van der Waals surface area contributed by atoms with Crippen LogP contribution in [0, 0.1) is 0 Å². The Morgan fingerprint density at radius 1 is 0.422 bits per heavy atom. The topological polar surface area (TPSA) is 158 Å². The summed E-state index contributed by atoms with van der Waals surface area (Å²) >= 11 is 0. The minimum absolute atomic E-state index is 0. The molecule has 45 heavy (non-hydrogen) atoms. The molecule has 2 aliphatic heterocycles. The van der Waals surface area contributed by atoms with Crippen molar-refractivity contribution in [1.29, 1.82) is 0 Å². The van der Waals surface area contributed by atoms with Gasteiger partial charge in [0.15, 0.2) is 0 Å². The van der Waals surface area contributed by atoms with Crippen LogP contribution in [0.1, 0.15) is 13.8 Å². The van der Waals surface area contributed by atoms with Crippen molar-refractivity contribution >= 4 is 55.5 Å². The van der Waals surface area contributed by atoms with Crippen LogP contribution in [0.15, 0.2) is 84.9 Å². The molecule has 0 aliphatic carbocycles. The van der Waals surface area contributed by atoms with Crippen molar-refractivity contribution in [3.8, 4) is 45.6 Å². The molecule has 10 nitrogen and oxygen atoms in total. The largest absolute Gasteiger partial charge is 3.00 e. The minimum Gasteiger partial charge on any atom is -0.397 e. The van der Waals surface area contributed by atoms with Gasteiger partial charge in [-0.2, -0.15) is 0 Å². The number of hydrogen-bond donors (Lipinski definition) is 2. The van der Waals surface area contributed by atoms with E-state index in [0.717, 1.165) is 33.0 Å². The van der Waals surface area contributed by atoms with Crippen molar-refractivity contribution < 1.29 is 17.1 Å². The summed E-state index contributed by atoms with van der Waals surface area (Å²) in [7, 11) is 0. The maximum absolute atomic E-state index is 6.22. The van der Waals surface area contributed by atoms with Crippen LogP contribution in [0.5, 0.6) is 0 Å². The van der Waals surface area contributed by atoms with E-state index in [9.17, 15) is 0 Å². The van der Waals surface area contributed by atoms with E-state index in [1.165, 1.54) is 0 Å². The molecule has 4 aromatic carbocycles. The Kier molecular flexibility index (Phi) is 6.77. The van der Waals surface area contributed by atoms with Crippen LogP contribution in [0.3, 0.4) is 0 Å². The molecule has 0 radical (unpaired) electrons. The molecule has 216 valence electrons. The zero-order valence-corrected chi connectivity index (χ0v) is 25.4. The number of anilines is 2. The number of benzene rings is 4. The van der Waals surface area contributed by atoms with E-state index >= 15 is 0 Å². The summed E-state index contributed by atoms with van der Waals surface area (Å²) in [5.41, 5.74) is 18.6. The van der Waals surface area contributed by atoms with Crippen molar-refractivity contribution in [3.63, 3.8) is 0 Å². The fraction of sp³-hybridized carbons (Fsp3) is 0.0588. The summed E-state index contributed by atoms with van der Waals surface area (Å²) in [5.74, 6) is 1.99. The van der Waals surface area contributed by atoms with Crippen LogP contribution in [-0.2, 0) is 17.1 Å². The Morgan fingerprint density at radius 3 is 1.04 bits per heavy atom. The first kappa shape index (κ1) is 28.1. The molecule has 4 N–H and O–H groups in total. The third-order valence-corrected chi connectivity index (χ3v) is 7.63. The SMILES string of the molecule is CC.Nc1cc2c3nc4nc(nc5[n-]c(nc6nc(nc([n-]3)c2cc1N)-c1ccccc1-6)c1ccccc51)-c1ccccc1-4.[Mn+3]. The average molecular weight is 628 g/mol. The summed E-state index contributed by atoms with van der Waals surface area (Å²) in [6, 6.07) is 27.1. The van der Waals surface area contributed by atoms with Crippen molar-refractivity contribution in [3.05, 3.63) is 84.9 Å². The number of rotatable bonds is 0. The van der Waals surface area contributed by atoms with Gasteiger partial charge >= 0.3 is 17.1 Å². The molecule has 8 bridgehead atoms. The van der Waals surface area contributed by atoms with E-state index in [-0.39, 0.29) is 17.1 Å². The van der Waals surface area contributed by atoms with Crippen LogP contribution in [0.4, 0.5) is 11.4 Å².